The third-order valence-corrected chi connectivity index (χ3v) is 8.91. The van der Waals surface area contributed by atoms with Gasteiger partial charge in [-0.05, 0) is 64.2 Å². The Kier molecular flexibility index (Phi) is 9.20. The Balaban J connectivity index is 1.58. The number of phenolic OH excluding ortho intramolecular Hbond substituents is 1. The second-order valence-electron chi connectivity index (χ2n) is 10.8. The number of aliphatic hydroxyl groups is 1. The van der Waals surface area contributed by atoms with Gasteiger partial charge in [0.15, 0.2) is 17.7 Å². The van der Waals surface area contributed by atoms with Crippen molar-refractivity contribution in [2.24, 2.45) is 0 Å². The van der Waals surface area contributed by atoms with Crippen LogP contribution >= 0.6 is 11.8 Å². The molecule has 2 aliphatic rings. The van der Waals surface area contributed by atoms with Crippen molar-refractivity contribution in [3.05, 3.63) is 77.1 Å². The van der Waals surface area contributed by atoms with Crippen LogP contribution in [0.5, 0.6) is 5.75 Å². The minimum Gasteiger partial charge on any atom is -0.505 e. The van der Waals surface area contributed by atoms with Crippen LogP contribution in [0, 0.1) is 12.7 Å². The number of halogens is 1. The number of allylic oxidation sites excluding steroid dienone is 1. The molecular weight excluding hydrogens is 533 g/mol. The fourth-order valence-corrected chi connectivity index (χ4v) is 6.36. The molecule has 1 aliphatic heterocycles. The number of rotatable bonds is 8. The zero-order valence-electron chi connectivity index (χ0n) is 22.9. The first-order valence-electron chi connectivity index (χ1n) is 13.4. The number of benzene rings is 2. The van der Waals surface area contributed by atoms with E-state index >= 15 is 0 Å². The van der Waals surface area contributed by atoms with Crippen molar-refractivity contribution >= 4 is 29.5 Å². The minimum atomic E-state index is -1.67. The Hall–Kier alpha value is -3.37. The molecule has 1 fully saturated rings. The highest BCUT2D eigenvalue weighted by molar-refractivity contribution is 8.00. The van der Waals surface area contributed by atoms with E-state index in [0.29, 0.717) is 0 Å². The van der Waals surface area contributed by atoms with Gasteiger partial charge in [-0.25, -0.2) is 4.39 Å². The summed E-state index contributed by atoms with van der Waals surface area (Å²) in [6.45, 7) is 5.20. The van der Waals surface area contributed by atoms with E-state index < -0.39 is 46.3 Å². The van der Waals surface area contributed by atoms with Crippen LogP contribution in [-0.4, -0.2) is 67.7 Å². The van der Waals surface area contributed by atoms with Crippen LogP contribution in [0.15, 0.2) is 54.6 Å². The Bertz CT molecular complexity index is 1290. The molecule has 10 heteroatoms. The maximum absolute atomic E-state index is 13.8. The summed E-state index contributed by atoms with van der Waals surface area (Å²) >= 11 is 1.45. The number of aliphatic hydroxyl groups excluding tert-OH is 1. The molecule has 1 heterocycles. The van der Waals surface area contributed by atoms with Gasteiger partial charge in [0.25, 0.3) is 11.8 Å². The van der Waals surface area contributed by atoms with Crippen LogP contribution < -0.4 is 10.6 Å². The molecule has 1 unspecified atom stereocenters. The van der Waals surface area contributed by atoms with Crippen LogP contribution in [0.3, 0.4) is 0 Å². The van der Waals surface area contributed by atoms with Crippen LogP contribution in [0.1, 0.15) is 54.6 Å². The second-order valence-corrected chi connectivity index (χ2v) is 12.4. The average molecular weight is 570 g/mol. The molecule has 4 N–H and O–H groups in total. The Morgan fingerprint density at radius 2 is 1.90 bits per heavy atom. The largest absolute Gasteiger partial charge is 0.505 e. The van der Waals surface area contributed by atoms with Gasteiger partial charge in [-0.2, -0.15) is 0 Å². The highest BCUT2D eigenvalue weighted by atomic mass is 32.2. The molecule has 2 aromatic carbocycles. The maximum Gasteiger partial charge on any atom is 0.254 e. The lowest BCUT2D eigenvalue weighted by Gasteiger charge is -2.34. The molecule has 1 aliphatic carbocycles. The average Bonchev–Trinajstić information content (AvgIpc) is 3.26. The first-order valence-corrected chi connectivity index (χ1v) is 14.4. The summed E-state index contributed by atoms with van der Waals surface area (Å²) in [5.74, 6) is -2.91. The fraction of sp³-hybridized carbons (Fsp3) is 0.433. The van der Waals surface area contributed by atoms with E-state index in [-0.39, 0.29) is 35.4 Å². The van der Waals surface area contributed by atoms with E-state index in [4.69, 9.17) is 0 Å². The standard InChI is InChI=1S/C30H36FN3O5S/c1-18-21(14-15-22(31)24(18)35)27(37)33-23(16-19-10-6-4-7-11-19)25(36)29(39)34-17-40-30(2,3)26(34)28(38)32-20-12-8-5-9-13-20/h4,6-8,10-12,14-15,20,23,25-26,35-36H,5,9,13,16-17H2,1-3H3,(H,32,38)(H,33,37)/t20-,23?,25+,26-/m1/s1. The minimum absolute atomic E-state index is 0.0206. The zero-order valence-corrected chi connectivity index (χ0v) is 23.7. The summed E-state index contributed by atoms with van der Waals surface area (Å²) in [5, 5.41) is 27.1. The number of hydrogen-bond donors (Lipinski definition) is 4. The summed E-state index contributed by atoms with van der Waals surface area (Å²) in [4.78, 5) is 41.8. The summed E-state index contributed by atoms with van der Waals surface area (Å²) in [6.07, 6.45) is 5.23. The molecular formula is C30H36FN3O5S. The van der Waals surface area contributed by atoms with Crippen molar-refractivity contribution < 1.29 is 29.0 Å². The summed E-state index contributed by atoms with van der Waals surface area (Å²) in [5.41, 5.74) is 0.836. The third kappa shape index (κ3) is 6.50. The van der Waals surface area contributed by atoms with Gasteiger partial charge < -0.3 is 25.7 Å². The molecule has 2 aromatic rings. The van der Waals surface area contributed by atoms with Crippen LogP contribution in [-0.2, 0) is 16.0 Å². The van der Waals surface area contributed by atoms with Gasteiger partial charge in [0, 0.05) is 21.9 Å². The van der Waals surface area contributed by atoms with E-state index in [2.05, 4.69) is 10.6 Å². The number of carbonyl (C=O) groups excluding carboxylic acids is 3. The van der Waals surface area contributed by atoms with Crippen molar-refractivity contribution in [3.8, 4) is 5.75 Å². The number of carbonyl (C=O) groups is 3. The summed E-state index contributed by atoms with van der Waals surface area (Å²) in [7, 11) is 0. The Morgan fingerprint density at radius 3 is 2.58 bits per heavy atom. The number of aromatic hydroxyl groups is 1. The van der Waals surface area contributed by atoms with E-state index in [1.165, 1.54) is 29.7 Å². The summed E-state index contributed by atoms with van der Waals surface area (Å²) in [6, 6.07) is 9.32. The highest BCUT2D eigenvalue weighted by Crippen LogP contribution is 2.40. The second kappa shape index (κ2) is 12.4. The predicted molar refractivity (Wildman–Crippen MR) is 152 cm³/mol. The molecule has 0 bridgehead atoms. The van der Waals surface area contributed by atoms with Crippen molar-refractivity contribution in [2.75, 3.05) is 5.88 Å². The number of thioether (sulfide) groups is 1. The van der Waals surface area contributed by atoms with E-state index in [1.807, 2.05) is 56.3 Å². The lowest BCUT2D eigenvalue weighted by molar-refractivity contribution is -0.147. The predicted octanol–water partition coefficient (Wildman–Crippen LogP) is 3.45. The molecule has 40 heavy (non-hydrogen) atoms. The molecule has 4 rings (SSSR count). The SMILES string of the molecule is Cc1c(C(=O)NC(Cc2ccccc2)[C@H](O)C(=O)N2CSC(C)(C)[C@H]2C(=O)N[C@@H]2C=CCCC2)ccc(F)c1O. The highest BCUT2D eigenvalue weighted by Gasteiger charge is 2.50. The smallest absolute Gasteiger partial charge is 0.254 e. The van der Waals surface area contributed by atoms with Gasteiger partial charge in [0.05, 0.1) is 11.9 Å². The number of amides is 3. The topological polar surface area (TPSA) is 119 Å². The molecule has 214 valence electrons. The summed E-state index contributed by atoms with van der Waals surface area (Å²) < 4.78 is 13.2. The van der Waals surface area contributed by atoms with Crippen molar-refractivity contribution in [3.63, 3.8) is 0 Å². The molecule has 4 atom stereocenters. The third-order valence-electron chi connectivity index (χ3n) is 7.53. The fourth-order valence-electron chi connectivity index (χ4n) is 5.22. The van der Waals surface area contributed by atoms with Gasteiger partial charge in [0.1, 0.15) is 6.04 Å². The van der Waals surface area contributed by atoms with Gasteiger partial charge in [0.2, 0.25) is 5.91 Å². The van der Waals surface area contributed by atoms with Crippen molar-refractivity contribution in [2.45, 2.75) is 75.4 Å². The van der Waals surface area contributed by atoms with E-state index in [0.717, 1.165) is 30.9 Å². The Morgan fingerprint density at radius 1 is 1.18 bits per heavy atom. The first-order chi connectivity index (χ1) is 19.0. The van der Waals surface area contributed by atoms with Gasteiger partial charge >= 0.3 is 0 Å². The Labute approximate surface area is 238 Å². The molecule has 3 amide bonds. The molecule has 0 saturated carbocycles. The quantitative estimate of drug-likeness (QED) is 0.362. The van der Waals surface area contributed by atoms with Gasteiger partial charge in [-0.3, -0.25) is 14.4 Å². The number of nitrogens with one attached hydrogen (secondary N) is 2. The molecule has 0 spiro atoms. The van der Waals surface area contributed by atoms with E-state index in [9.17, 15) is 29.0 Å². The first kappa shape index (κ1) is 29.6. The molecule has 1 saturated heterocycles. The maximum atomic E-state index is 13.8. The molecule has 8 nitrogen and oxygen atoms in total. The van der Waals surface area contributed by atoms with Gasteiger partial charge in [-0.15, -0.1) is 11.8 Å². The van der Waals surface area contributed by atoms with Crippen LogP contribution in [0.4, 0.5) is 4.39 Å². The van der Waals surface area contributed by atoms with Crippen molar-refractivity contribution in [1.82, 2.24) is 15.5 Å². The zero-order chi connectivity index (χ0) is 29.0. The van der Waals surface area contributed by atoms with Gasteiger partial charge in [-0.1, -0.05) is 42.5 Å². The van der Waals surface area contributed by atoms with Crippen LogP contribution in [0.25, 0.3) is 0 Å². The van der Waals surface area contributed by atoms with E-state index in [1.54, 1.807) is 0 Å². The normalized spacial score (nSPS) is 21.5. The monoisotopic (exact) mass is 569 g/mol. The lowest BCUT2D eigenvalue weighted by Crippen LogP contribution is -2.59. The molecule has 0 radical (unpaired) electrons. The lowest BCUT2D eigenvalue weighted by atomic mass is 9.96. The van der Waals surface area contributed by atoms with Crippen molar-refractivity contribution in [1.29, 1.82) is 0 Å². The van der Waals surface area contributed by atoms with Crippen LogP contribution in [0.2, 0.25) is 0 Å². The number of nitrogens with zero attached hydrogens (tertiary/aromatic N) is 1. The number of phenols is 1. The number of hydrogen-bond acceptors (Lipinski definition) is 6. The molecule has 0 aromatic heterocycles.